The van der Waals surface area contributed by atoms with Crippen LogP contribution in [0.4, 0.5) is 0 Å². The Morgan fingerprint density at radius 2 is 2.00 bits per heavy atom. The Hall–Kier alpha value is -2.28. The molecular weight excluding hydrogens is 330 g/mol. The van der Waals surface area contributed by atoms with Gasteiger partial charge in [-0.25, -0.2) is 0 Å². The van der Waals surface area contributed by atoms with Crippen molar-refractivity contribution in [2.24, 2.45) is 5.92 Å². The number of rotatable bonds is 7. The summed E-state index contributed by atoms with van der Waals surface area (Å²) in [6.07, 6.45) is 2.45. The van der Waals surface area contributed by atoms with E-state index in [4.69, 9.17) is 8.60 Å². The van der Waals surface area contributed by atoms with E-state index in [1.165, 1.54) is 6.26 Å². The number of hydrogen-bond donors (Lipinski definition) is 0. The number of carbonyl (C=O) groups is 1. The molecule has 1 heterocycles. The topological polar surface area (TPSA) is 76.8 Å². The molecule has 6 nitrogen and oxygen atoms in total. The smallest absolute Gasteiger partial charge is 0.306 e. The van der Waals surface area contributed by atoms with Gasteiger partial charge in [0.05, 0.1) is 12.5 Å². The first-order valence-corrected chi connectivity index (χ1v) is 9.37. The van der Waals surface area contributed by atoms with Gasteiger partial charge in [-0.2, -0.15) is 8.42 Å². The van der Waals surface area contributed by atoms with Crippen LogP contribution in [0.3, 0.4) is 0 Å². The second kappa shape index (κ2) is 7.53. The van der Waals surface area contributed by atoms with Crippen molar-refractivity contribution in [1.82, 2.24) is 4.90 Å². The van der Waals surface area contributed by atoms with Crippen molar-refractivity contribution in [2.45, 2.75) is 20.4 Å². The van der Waals surface area contributed by atoms with E-state index >= 15 is 0 Å². The largest absolute Gasteiger partial charge is 0.459 e. The van der Waals surface area contributed by atoms with Gasteiger partial charge in [0.1, 0.15) is 5.75 Å². The van der Waals surface area contributed by atoms with Crippen LogP contribution in [-0.2, 0) is 16.7 Å². The molecular formula is C17H21NO5S. The minimum absolute atomic E-state index is 0.205. The molecule has 24 heavy (non-hydrogen) atoms. The lowest BCUT2D eigenvalue weighted by atomic mass is 10.1. The summed E-state index contributed by atoms with van der Waals surface area (Å²) in [5.74, 6) is 0.576. The van der Waals surface area contributed by atoms with Crippen LogP contribution in [0.1, 0.15) is 30.0 Å². The van der Waals surface area contributed by atoms with Gasteiger partial charge in [0, 0.05) is 13.1 Å². The quantitative estimate of drug-likeness (QED) is 0.717. The Bertz CT molecular complexity index is 781. The number of benzene rings is 1. The normalized spacial score (nSPS) is 11.5. The van der Waals surface area contributed by atoms with Crippen LogP contribution in [0.2, 0.25) is 0 Å². The van der Waals surface area contributed by atoms with Crippen molar-refractivity contribution in [1.29, 1.82) is 0 Å². The summed E-state index contributed by atoms with van der Waals surface area (Å²) in [7, 11) is -3.59. The van der Waals surface area contributed by atoms with Crippen LogP contribution in [0, 0.1) is 5.92 Å². The molecule has 0 fully saturated rings. The third-order valence-electron chi connectivity index (χ3n) is 3.12. The second-order valence-corrected chi connectivity index (χ2v) is 7.57. The molecule has 1 aromatic carbocycles. The first-order chi connectivity index (χ1) is 11.2. The summed E-state index contributed by atoms with van der Waals surface area (Å²) < 4.78 is 32.6. The molecule has 2 aromatic rings. The van der Waals surface area contributed by atoms with Crippen LogP contribution < -0.4 is 4.18 Å². The summed E-state index contributed by atoms with van der Waals surface area (Å²) in [5, 5.41) is 0. The van der Waals surface area contributed by atoms with Crippen molar-refractivity contribution in [3.05, 3.63) is 54.0 Å². The highest BCUT2D eigenvalue weighted by molar-refractivity contribution is 7.86. The molecule has 0 radical (unpaired) electrons. The molecule has 2 rings (SSSR count). The Labute approximate surface area is 142 Å². The van der Waals surface area contributed by atoms with E-state index in [0.717, 1.165) is 11.8 Å². The highest BCUT2D eigenvalue weighted by Crippen LogP contribution is 2.18. The van der Waals surface area contributed by atoms with Gasteiger partial charge in [-0.05, 0) is 35.7 Å². The molecule has 0 spiro atoms. The Kier molecular flexibility index (Phi) is 5.66. The highest BCUT2D eigenvalue weighted by Gasteiger charge is 2.20. The van der Waals surface area contributed by atoms with Crippen molar-refractivity contribution in [3.8, 4) is 5.75 Å². The van der Waals surface area contributed by atoms with E-state index < -0.39 is 10.1 Å². The molecule has 0 unspecified atom stereocenters. The number of hydrogen-bond acceptors (Lipinski definition) is 5. The van der Waals surface area contributed by atoms with E-state index in [2.05, 4.69) is 0 Å². The van der Waals surface area contributed by atoms with Crippen molar-refractivity contribution < 1.29 is 21.8 Å². The highest BCUT2D eigenvalue weighted by atomic mass is 32.2. The van der Waals surface area contributed by atoms with E-state index in [9.17, 15) is 13.2 Å². The maximum Gasteiger partial charge on any atom is 0.306 e. The Morgan fingerprint density at radius 1 is 1.25 bits per heavy atom. The van der Waals surface area contributed by atoms with Gasteiger partial charge in [0.25, 0.3) is 5.91 Å². The predicted octanol–water partition coefficient (Wildman–Crippen LogP) is 2.92. The summed E-state index contributed by atoms with van der Waals surface area (Å²) in [5.41, 5.74) is 0.775. The van der Waals surface area contributed by atoms with Gasteiger partial charge in [0.2, 0.25) is 0 Å². The maximum absolute atomic E-state index is 12.6. The summed E-state index contributed by atoms with van der Waals surface area (Å²) in [6.45, 7) is 4.92. The minimum atomic E-state index is -3.59. The first kappa shape index (κ1) is 18.1. The molecule has 0 atom stereocenters. The van der Waals surface area contributed by atoms with Crippen molar-refractivity contribution in [3.63, 3.8) is 0 Å². The van der Waals surface area contributed by atoms with Gasteiger partial charge in [0.15, 0.2) is 5.76 Å². The Balaban J connectivity index is 2.20. The molecule has 0 saturated heterocycles. The van der Waals surface area contributed by atoms with E-state index in [1.807, 2.05) is 19.9 Å². The fraction of sp³-hybridized carbons (Fsp3) is 0.353. The second-order valence-electron chi connectivity index (χ2n) is 5.99. The van der Waals surface area contributed by atoms with Crippen LogP contribution >= 0.6 is 0 Å². The maximum atomic E-state index is 12.6. The zero-order valence-corrected chi connectivity index (χ0v) is 14.7. The summed E-state index contributed by atoms with van der Waals surface area (Å²) >= 11 is 0. The van der Waals surface area contributed by atoms with Gasteiger partial charge in [-0.1, -0.05) is 26.0 Å². The van der Waals surface area contributed by atoms with Gasteiger partial charge >= 0.3 is 10.1 Å². The van der Waals surface area contributed by atoms with Crippen LogP contribution in [0.25, 0.3) is 0 Å². The number of furan rings is 1. The van der Waals surface area contributed by atoms with E-state index in [-0.39, 0.29) is 23.3 Å². The average molecular weight is 351 g/mol. The predicted molar refractivity (Wildman–Crippen MR) is 90.2 cm³/mol. The van der Waals surface area contributed by atoms with Crippen LogP contribution in [-0.4, -0.2) is 32.0 Å². The fourth-order valence-electron chi connectivity index (χ4n) is 2.31. The molecule has 0 N–H and O–H groups in total. The number of carbonyl (C=O) groups excluding carboxylic acids is 1. The van der Waals surface area contributed by atoms with E-state index in [0.29, 0.717) is 13.1 Å². The SMILES string of the molecule is CC(C)CN(Cc1cccc(OS(C)(=O)=O)c1)C(=O)c1ccco1. The molecule has 0 bridgehead atoms. The van der Waals surface area contributed by atoms with Gasteiger partial charge < -0.3 is 13.5 Å². The Morgan fingerprint density at radius 3 is 2.58 bits per heavy atom. The summed E-state index contributed by atoms with van der Waals surface area (Å²) in [4.78, 5) is 14.2. The van der Waals surface area contributed by atoms with Crippen molar-refractivity contribution in [2.75, 3.05) is 12.8 Å². The zero-order chi connectivity index (χ0) is 17.7. The molecule has 0 aliphatic rings. The fourth-order valence-corrected chi connectivity index (χ4v) is 2.76. The number of nitrogens with zero attached hydrogens (tertiary/aromatic N) is 1. The van der Waals surface area contributed by atoms with Gasteiger partial charge in [-0.3, -0.25) is 4.79 Å². The lowest BCUT2D eigenvalue weighted by Crippen LogP contribution is -2.33. The monoisotopic (exact) mass is 351 g/mol. The average Bonchev–Trinajstić information content (AvgIpc) is 2.98. The summed E-state index contributed by atoms with van der Waals surface area (Å²) in [6, 6.07) is 9.98. The van der Waals surface area contributed by atoms with Crippen LogP contribution in [0.15, 0.2) is 47.1 Å². The lowest BCUT2D eigenvalue weighted by Gasteiger charge is -2.24. The molecule has 0 aliphatic carbocycles. The number of amides is 1. The van der Waals surface area contributed by atoms with Crippen LogP contribution in [0.5, 0.6) is 5.75 Å². The molecule has 0 saturated carbocycles. The van der Waals surface area contributed by atoms with Gasteiger partial charge in [-0.15, -0.1) is 0 Å². The molecule has 1 amide bonds. The van der Waals surface area contributed by atoms with E-state index in [1.54, 1.807) is 35.2 Å². The first-order valence-electron chi connectivity index (χ1n) is 7.56. The minimum Gasteiger partial charge on any atom is -0.459 e. The lowest BCUT2D eigenvalue weighted by molar-refractivity contribution is 0.0690. The third-order valence-corrected chi connectivity index (χ3v) is 3.62. The molecule has 7 heteroatoms. The standard InChI is InChI=1S/C17H21NO5S/c1-13(2)11-18(17(19)16-8-5-9-22-16)12-14-6-4-7-15(10-14)23-24(3,20)21/h4-10,13H,11-12H2,1-3H3. The zero-order valence-electron chi connectivity index (χ0n) is 13.9. The molecule has 130 valence electrons. The third kappa shape index (κ3) is 5.42. The molecule has 1 aromatic heterocycles. The van der Waals surface area contributed by atoms with Crippen molar-refractivity contribution >= 4 is 16.0 Å². The molecule has 0 aliphatic heterocycles.